The normalized spacial score (nSPS) is 11.2. The van der Waals surface area contributed by atoms with Crippen LogP contribution in [0.5, 0.6) is 5.75 Å². The van der Waals surface area contributed by atoms with Crippen molar-refractivity contribution in [2.24, 2.45) is 0 Å². The van der Waals surface area contributed by atoms with Gasteiger partial charge in [0, 0.05) is 23.5 Å². The fourth-order valence-electron chi connectivity index (χ4n) is 4.11. The third-order valence-electron chi connectivity index (χ3n) is 5.67. The largest absolute Gasteiger partial charge is 0.478 e. The van der Waals surface area contributed by atoms with E-state index in [4.69, 9.17) is 10.1 Å². The van der Waals surface area contributed by atoms with Gasteiger partial charge in [0.2, 0.25) is 0 Å². The maximum absolute atomic E-state index is 12.0. The Morgan fingerprint density at radius 2 is 1.54 bits per heavy atom. The highest BCUT2D eigenvalue weighted by molar-refractivity contribution is 5.98. The van der Waals surface area contributed by atoms with Gasteiger partial charge in [-0.05, 0) is 71.8 Å². The highest BCUT2D eigenvalue weighted by Gasteiger charge is 2.27. The Morgan fingerprint density at radius 3 is 2.17 bits per heavy atom. The Labute approximate surface area is 203 Å². The van der Waals surface area contributed by atoms with Crippen molar-refractivity contribution in [1.29, 1.82) is 0 Å². The number of rotatable bonds is 9. The Bertz CT molecular complexity index is 1290. The van der Waals surface area contributed by atoms with Gasteiger partial charge in [-0.3, -0.25) is 4.98 Å². The van der Waals surface area contributed by atoms with Gasteiger partial charge in [-0.15, -0.1) is 0 Å². The van der Waals surface area contributed by atoms with E-state index in [0.29, 0.717) is 12.0 Å². The molecule has 0 saturated heterocycles. The molecule has 4 rings (SSSR count). The molecule has 35 heavy (non-hydrogen) atoms. The predicted molar refractivity (Wildman–Crippen MR) is 134 cm³/mol. The van der Waals surface area contributed by atoms with Crippen LogP contribution < -0.4 is 10.2 Å². The van der Waals surface area contributed by atoms with Crippen molar-refractivity contribution >= 4 is 11.7 Å². The first-order valence-corrected chi connectivity index (χ1v) is 11.1. The first kappa shape index (κ1) is 23.9. The summed E-state index contributed by atoms with van der Waals surface area (Å²) in [6.45, 7) is 3.93. The first-order valence-electron chi connectivity index (χ1n) is 11.1. The lowest BCUT2D eigenvalue weighted by molar-refractivity contribution is -0.438. The standard InChI is InChI=1S/C28H26N2O5/c1-28(2,18-19-8-10-20(11-9-19)21-14-16-29-17-15-21)30-25-24(27(31)32)13-12-23(26(25)34-35-33)22-6-4-3-5-7-22/h3-17,30,33H,18H2,1-2H3,(H,31,32). The van der Waals surface area contributed by atoms with E-state index in [1.165, 1.54) is 6.07 Å². The smallest absolute Gasteiger partial charge is 0.337 e. The summed E-state index contributed by atoms with van der Waals surface area (Å²) >= 11 is 0. The summed E-state index contributed by atoms with van der Waals surface area (Å²) in [5.74, 6) is -1.05. The van der Waals surface area contributed by atoms with E-state index in [1.54, 1.807) is 18.5 Å². The van der Waals surface area contributed by atoms with E-state index in [0.717, 1.165) is 22.3 Å². The molecular formula is C28H26N2O5. The van der Waals surface area contributed by atoms with Crippen molar-refractivity contribution in [3.63, 3.8) is 0 Å². The molecule has 178 valence electrons. The zero-order valence-electron chi connectivity index (χ0n) is 19.4. The highest BCUT2D eigenvalue weighted by atomic mass is 17.5. The van der Waals surface area contributed by atoms with Crippen molar-refractivity contribution in [3.05, 3.63) is 102 Å². The van der Waals surface area contributed by atoms with Crippen LogP contribution in [0.4, 0.5) is 5.69 Å². The number of carbonyl (C=O) groups is 1. The number of nitrogens with one attached hydrogen (secondary N) is 1. The summed E-state index contributed by atoms with van der Waals surface area (Å²) in [4.78, 5) is 21.2. The Balaban J connectivity index is 1.66. The number of nitrogens with zero attached hydrogens (tertiary/aromatic N) is 1. The van der Waals surface area contributed by atoms with Crippen LogP contribution in [-0.2, 0) is 11.5 Å². The second kappa shape index (κ2) is 10.4. The van der Waals surface area contributed by atoms with Crippen LogP contribution in [0.2, 0.25) is 0 Å². The van der Waals surface area contributed by atoms with Crippen molar-refractivity contribution in [2.45, 2.75) is 25.8 Å². The van der Waals surface area contributed by atoms with Crippen molar-refractivity contribution in [2.75, 3.05) is 5.32 Å². The van der Waals surface area contributed by atoms with Crippen molar-refractivity contribution in [1.82, 2.24) is 4.98 Å². The molecule has 0 saturated carbocycles. The van der Waals surface area contributed by atoms with Gasteiger partial charge >= 0.3 is 5.97 Å². The summed E-state index contributed by atoms with van der Waals surface area (Å²) in [5, 5.41) is 26.3. The Hall–Kier alpha value is -4.20. The van der Waals surface area contributed by atoms with Gasteiger partial charge < -0.3 is 15.3 Å². The minimum atomic E-state index is -1.13. The number of aromatic nitrogens is 1. The predicted octanol–water partition coefficient (Wildman–Crippen LogP) is 6.33. The minimum Gasteiger partial charge on any atom is -0.478 e. The van der Waals surface area contributed by atoms with Crippen LogP contribution in [0.25, 0.3) is 22.3 Å². The van der Waals surface area contributed by atoms with Gasteiger partial charge in [0.15, 0.2) is 5.75 Å². The lowest BCUT2D eigenvalue weighted by Crippen LogP contribution is -2.34. The van der Waals surface area contributed by atoms with Crippen LogP contribution in [0.3, 0.4) is 0 Å². The van der Waals surface area contributed by atoms with E-state index < -0.39 is 11.5 Å². The zero-order valence-corrected chi connectivity index (χ0v) is 19.4. The fourth-order valence-corrected chi connectivity index (χ4v) is 4.11. The molecule has 0 unspecified atom stereocenters. The van der Waals surface area contributed by atoms with Gasteiger partial charge in [-0.2, -0.15) is 0 Å². The van der Waals surface area contributed by atoms with Gasteiger partial charge in [-0.1, -0.05) is 54.6 Å². The second-order valence-electron chi connectivity index (χ2n) is 8.81. The lowest BCUT2D eigenvalue weighted by Gasteiger charge is -2.30. The van der Waals surface area contributed by atoms with Crippen LogP contribution in [-0.4, -0.2) is 26.9 Å². The number of aromatic carboxylic acids is 1. The monoisotopic (exact) mass is 470 g/mol. The number of pyridine rings is 1. The van der Waals surface area contributed by atoms with Crippen LogP contribution in [0, 0.1) is 0 Å². The molecule has 1 heterocycles. The number of hydrogen-bond acceptors (Lipinski definition) is 6. The fraction of sp³-hybridized carbons (Fsp3) is 0.143. The molecule has 0 spiro atoms. The van der Waals surface area contributed by atoms with E-state index in [9.17, 15) is 9.90 Å². The maximum atomic E-state index is 12.0. The van der Waals surface area contributed by atoms with Gasteiger partial charge in [0.1, 0.15) is 0 Å². The van der Waals surface area contributed by atoms with Crippen molar-refractivity contribution < 1.29 is 25.1 Å². The lowest BCUT2D eigenvalue weighted by atomic mass is 9.92. The molecule has 0 aliphatic heterocycles. The number of benzene rings is 3. The molecule has 0 fully saturated rings. The summed E-state index contributed by atoms with van der Waals surface area (Å²) in [6, 6.07) is 24.6. The number of anilines is 1. The van der Waals surface area contributed by atoms with E-state index >= 15 is 0 Å². The summed E-state index contributed by atoms with van der Waals surface area (Å²) < 4.78 is 0. The Morgan fingerprint density at radius 1 is 0.886 bits per heavy atom. The minimum absolute atomic E-state index is 0.00200. The molecule has 0 atom stereocenters. The molecule has 0 radical (unpaired) electrons. The number of carboxylic acid groups (broad SMARTS) is 1. The summed E-state index contributed by atoms with van der Waals surface area (Å²) in [7, 11) is 0. The molecular weight excluding hydrogens is 444 g/mol. The molecule has 3 aromatic carbocycles. The number of hydrogen-bond donors (Lipinski definition) is 3. The van der Waals surface area contributed by atoms with Gasteiger partial charge in [-0.25, -0.2) is 10.1 Å². The SMILES string of the molecule is CC(C)(Cc1ccc(-c2ccncc2)cc1)Nc1c(C(=O)O)ccc(-c2ccccc2)c1OOO. The van der Waals surface area contributed by atoms with Crippen LogP contribution in [0.15, 0.2) is 91.3 Å². The van der Waals surface area contributed by atoms with Crippen LogP contribution >= 0.6 is 0 Å². The van der Waals surface area contributed by atoms with Gasteiger partial charge in [0.25, 0.3) is 0 Å². The molecule has 0 bridgehead atoms. The molecule has 7 heteroatoms. The first-order chi connectivity index (χ1) is 16.9. The number of carboxylic acids is 1. The van der Waals surface area contributed by atoms with Crippen molar-refractivity contribution in [3.8, 4) is 28.0 Å². The average Bonchev–Trinajstić information content (AvgIpc) is 2.86. The zero-order chi connectivity index (χ0) is 24.8. The van der Waals surface area contributed by atoms with Crippen LogP contribution in [0.1, 0.15) is 29.8 Å². The van der Waals surface area contributed by atoms with E-state index in [1.807, 2.05) is 80.6 Å². The Kier molecular flexibility index (Phi) is 7.10. The molecule has 3 N–H and O–H groups in total. The topological polar surface area (TPSA) is 101 Å². The maximum Gasteiger partial charge on any atom is 0.337 e. The van der Waals surface area contributed by atoms with E-state index in [2.05, 4.69) is 15.3 Å². The quantitative estimate of drug-likeness (QED) is 0.194. The second-order valence-corrected chi connectivity index (χ2v) is 8.81. The molecule has 1 aromatic heterocycles. The third-order valence-corrected chi connectivity index (χ3v) is 5.67. The summed E-state index contributed by atoms with van der Waals surface area (Å²) in [6.07, 6.45) is 4.11. The van der Waals surface area contributed by atoms with Gasteiger partial charge in [0.05, 0.1) is 11.3 Å². The molecule has 0 amide bonds. The van der Waals surface area contributed by atoms with E-state index in [-0.39, 0.29) is 17.0 Å². The highest BCUT2D eigenvalue weighted by Crippen LogP contribution is 2.41. The molecule has 0 aliphatic carbocycles. The third kappa shape index (κ3) is 5.66. The summed E-state index contributed by atoms with van der Waals surface area (Å²) in [5.41, 5.74) is 4.22. The molecule has 7 nitrogen and oxygen atoms in total. The average molecular weight is 471 g/mol. The molecule has 4 aromatic rings. The molecule has 0 aliphatic rings.